The van der Waals surface area contributed by atoms with Crippen molar-refractivity contribution in [1.29, 1.82) is 0 Å². The van der Waals surface area contributed by atoms with E-state index in [2.05, 4.69) is 27.4 Å². The zero-order chi connectivity index (χ0) is 16.7. The van der Waals surface area contributed by atoms with E-state index in [-0.39, 0.29) is 12.3 Å². The molecule has 1 unspecified atom stereocenters. The zero-order valence-corrected chi connectivity index (χ0v) is 12.4. The quantitative estimate of drug-likeness (QED) is 0.695. The summed E-state index contributed by atoms with van der Waals surface area (Å²) in [6.07, 6.45) is 4.05. The molecule has 0 spiro atoms. The molecule has 1 aromatic carbocycles. The average molecular weight is 315 g/mol. The molecule has 1 heterocycles. The lowest BCUT2D eigenvalue weighted by Crippen LogP contribution is -2.41. The number of aliphatic carboxylic acids is 1. The molecular formula is C15H17N5O3. The van der Waals surface area contributed by atoms with Gasteiger partial charge >= 0.3 is 5.97 Å². The van der Waals surface area contributed by atoms with E-state index < -0.39 is 12.0 Å². The third kappa shape index (κ3) is 4.73. The van der Waals surface area contributed by atoms with E-state index in [1.54, 1.807) is 30.3 Å². The Morgan fingerprint density at radius 1 is 1.35 bits per heavy atom. The molecular weight excluding hydrogens is 298 g/mol. The number of carboxylic acids is 1. The van der Waals surface area contributed by atoms with Gasteiger partial charge in [0.2, 0.25) is 5.91 Å². The first kappa shape index (κ1) is 16.3. The number of tetrazole rings is 1. The molecule has 2 aromatic rings. The molecule has 0 fully saturated rings. The van der Waals surface area contributed by atoms with Crippen molar-refractivity contribution in [2.45, 2.75) is 25.3 Å². The van der Waals surface area contributed by atoms with Crippen LogP contribution < -0.4 is 5.32 Å². The van der Waals surface area contributed by atoms with Gasteiger partial charge in [-0.3, -0.25) is 4.79 Å². The summed E-state index contributed by atoms with van der Waals surface area (Å²) in [5.74, 6) is -1.38. The Hall–Kier alpha value is -3.03. The summed E-state index contributed by atoms with van der Waals surface area (Å²) in [6.45, 7) is 3.55. The SMILES string of the molecule is C=CCCC(NC(=O)Cc1ccc(-n2cnnn2)cc1)C(=O)O. The second-order valence-corrected chi connectivity index (χ2v) is 4.92. The maximum absolute atomic E-state index is 12.0. The van der Waals surface area contributed by atoms with Crippen molar-refractivity contribution in [2.75, 3.05) is 0 Å². The Bertz CT molecular complexity index is 667. The Morgan fingerprint density at radius 2 is 2.09 bits per heavy atom. The Balaban J connectivity index is 1.94. The molecule has 0 saturated heterocycles. The summed E-state index contributed by atoms with van der Waals surface area (Å²) in [7, 11) is 0. The van der Waals surface area contributed by atoms with Crippen molar-refractivity contribution in [2.24, 2.45) is 0 Å². The van der Waals surface area contributed by atoms with E-state index in [1.807, 2.05) is 0 Å². The Morgan fingerprint density at radius 3 is 2.65 bits per heavy atom. The zero-order valence-electron chi connectivity index (χ0n) is 12.4. The lowest BCUT2D eigenvalue weighted by molar-refractivity contribution is -0.141. The minimum absolute atomic E-state index is 0.105. The molecule has 0 aliphatic heterocycles. The third-order valence-electron chi connectivity index (χ3n) is 3.21. The summed E-state index contributed by atoms with van der Waals surface area (Å²) in [5, 5.41) is 22.5. The van der Waals surface area contributed by atoms with Crippen LogP contribution in [0.4, 0.5) is 0 Å². The molecule has 0 bridgehead atoms. The van der Waals surface area contributed by atoms with Crippen LogP contribution in [0.1, 0.15) is 18.4 Å². The standard InChI is InChI=1S/C15H17N5O3/c1-2-3-4-13(15(22)23)17-14(21)9-11-5-7-12(8-6-11)20-10-16-18-19-20/h2,5-8,10,13H,1,3-4,9H2,(H,17,21)(H,22,23). The molecule has 0 radical (unpaired) electrons. The minimum atomic E-state index is -1.05. The molecule has 1 aromatic heterocycles. The van der Waals surface area contributed by atoms with E-state index in [0.29, 0.717) is 12.8 Å². The first-order chi connectivity index (χ1) is 11.1. The maximum atomic E-state index is 12.0. The fourth-order valence-corrected chi connectivity index (χ4v) is 2.02. The monoisotopic (exact) mass is 315 g/mol. The van der Waals surface area contributed by atoms with E-state index in [0.717, 1.165) is 11.3 Å². The number of carboxylic acid groups (broad SMARTS) is 1. The van der Waals surface area contributed by atoms with Crippen molar-refractivity contribution >= 4 is 11.9 Å². The van der Waals surface area contributed by atoms with Crippen LogP contribution in [0, 0.1) is 0 Å². The molecule has 2 rings (SSSR count). The van der Waals surface area contributed by atoms with Crippen molar-refractivity contribution in [3.05, 3.63) is 48.8 Å². The smallest absolute Gasteiger partial charge is 0.326 e. The largest absolute Gasteiger partial charge is 0.480 e. The van der Waals surface area contributed by atoms with Crippen LogP contribution in [0.25, 0.3) is 5.69 Å². The minimum Gasteiger partial charge on any atom is -0.480 e. The van der Waals surface area contributed by atoms with Crippen LogP contribution >= 0.6 is 0 Å². The molecule has 2 N–H and O–H groups in total. The van der Waals surface area contributed by atoms with Crippen LogP contribution in [0.3, 0.4) is 0 Å². The molecule has 0 aliphatic carbocycles. The first-order valence-corrected chi connectivity index (χ1v) is 7.05. The highest BCUT2D eigenvalue weighted by molar-refractivity contribution is 5.84. The number of nitrogens with one attached hydrogen (secondary N) is 1. The summed E-state index contributed by atoms with van der Waals surface area (Å²) in [4.78, 5) is 23.1. The summed E-state index contributed by atoms with van der Waals surface area (Å²) in [5.41, 5.74) is 1.54. The number of allylic oxidation sites excluding steroid dienone is 1. The van der Waals surface area contributed by atoms with Gasteiger partial charge in [-0.1, -0.05) is 18.2 Å². The topological polar surface area (TPSA) is 110 Å². The average Bonchev–Trinajstić information content (AvgIpc) is 3.06. The molecule has 1 amide bonds. The molecule has 0 saturated carbocycles. The summed E-state index contributed by atoms with van der Waals surface area (Å²) < 4.78 is 1.50. The van der Waals surface area contributed by atoms with Gasteiger partial charge in [0.15, 0.2) is 0 Å². The predicted octanol–water partition coefficient (Wildman–Crippen LogP) is 0.740. The summed E-state index contributed by atoms with van der Waals surface area (Å²) >= 11 is 0. The molecule has 1 atom stereocenters. The van der Waals surface area contributed by atoms with Gasteiger partial charge in [0.1, 0.15) is 12.4 Å². The van der Waals surface area contributed by atoms with Gasteiger partial charge in [-0.05, 0) is 41.0 Å². The number of hydrogen-bond acceptors (Lipinski definition) is 5. The van der Waals surface area contributed by atoms with Crippen molar-refractivity contribution in [3.63, 3.8) is 0 Å². The van der Waals surface area contributed by atoms with Crippen LogP contribution in [-0.4, -0.2) is 43.2 Å². The Kier molecular flexibility index (Phi) is 5.56. The van der Waals surface area contributed by atoms with E-state index >= 15 is 0 Å². The first-order valence-electron chi connectivity index (χ1n) is 7.05. The number of nitrogens with zero attached hydrogens (tertiary/aromatic N) is 4. The number of amides is 1. The highest BCUT2D eigenvalue weighted by Crippen LogP contribution is 2.08. The van der Waals surface area contributed by atoms with Crippen molar-refractivity contribution < 1.29 is 14.7 Å². The van der Waals surface area contributed by atoms with Gasteiger partial charge < -0.3 is 10.4 Å². The van der Waals surface area contributed by atoms with Crippen LogP contribution in [0.15, 0.2) is 43.2 Å². The lowest BCUT2D eigenvalue weighted by atomic mass is 10.1. The molecule has 120 valence electrons. The van der Waals surface area contributed by atoms with Gasteiger partial charge in [-0.25, -0.2) is 9.48 Å². The molecule has 8 nitrogen and oxygen atoms in total. The van der Waals surface area contributed by atoms with Gasteiger partial charge in [-0.15, -0.1) is 11.7 Å². The number of hydrogen-bond donors (Lipinski definition) is 2. The van der Waals surface area contributed by atoms with E-state index in [9.17, 15) is 9.59 Å². The second-order valence-electron chi connectivity index (χ2n) is 4.92. The van der Waals surface area contributed by atoms with E-state index in [4.69, 9.17) is 5.11 Å². The van der Waals surface area contributed by atoms with Gasteiger partial charge in [-0.2, -0.15) is 0 Å². The number of aromatic nitrogens is 4. The number of carbonyl (C=O) groups is 2. The summed E-state index contributed by atoms with van der Waals surface area (Å²) in [6, 6.07) is 6.21. The van der Waals surface area contributed by atoms with Crippen molar-refractivity contribution in [1.82, 2.24) is 25.5 Å². The highest BCUT2D eigenvalue weighted by atomic mass is 16.4. The number of rotatable bonds is 8. The normalized spacial score (nSPS) is 11.7. The third-order valence-corrected chi connectivity index (χ3v) is 3.21. The van der Waals surface area contributed by atoms with Crippen LogP contribution in [0.2, 0.25) is 0 Å². The predicted molar refractivity (Wildman–Crippen MR) is 81.9 cm³/mol. The lowest BCUT2D eigenvalue weighted by Gasteiger charge is -2.13. The number of benzene rings is 1. The van der Waals surface area contributed by atoms with Gasteiger partial charge in [0, 0.05) is 0 Å². The van der Waals surface area contributed by atoms with E-state index in [1.165, 1.54) is 11.0 Å². The molecule has 8 heteroatoms. The fourth-order valence-electron chi connectivity index (χ4n) is 2.02. The Labute approximate surface area is 132 Å². The van der Waals surface area contributed by atoms with Crippen LogP contribution in [0.5, 0.6) is 0 Å². The maximum Gasteiger partial charge on any atom is 0.326 e. The molecule has 23 heavy (non-hydrogen) atoms. The fraction of sp³-hybridized carbons (Fsp3) is 0.267. The van der Waals surface area contributed by atoms with Gasteiger partial charge in [0.25, 0.3) is 0 Å². The van der Waals surface area contributed by atoms with Gasteiger partial charge in [0.05, 0.1) is 12.1 Å². The van der Waals surface area contributed by atoms with Crippen LogP contribution in [-0.2, 0) is 16.0 Å². The second kappa shape index (κ2) is 7.83. The van der Waals surface area contributed by atoms with Crippen molar-refractivity contribution in [3.8, 4) is 5.69 Å². The number of carbonyl (C=O) groups excluding carboxylic acids is 1. The highest BCUT2D eigenvalue weighted by Gasteiger charge is 2.18. The molecule has 0 aliphatic rings.